The average molecular weight is 790 g/mol. The normalized spacial score (nSPS) is 10.8. The molecule has 7 heteroatoms. The Balaban J connectivity index is 0.000000136. The van der Waals surface area contributed by atoms with Gasteiger partial charge >= 0.3 is 0 Å². The average Bonchev–Trinajstić information content (AvgIpc) is 3.25. The van der Waals surface area contributed by atoms with Gasteiger partial charge in [-0.15, -0.1) is 6.42 Å². The Hall–Kier alpha value is -7.56. The van der Waals surface area contributed by atoms with E-state index in [-0.39, 0.29) is 28.1 Å². The van der Waals surface area contributed by atoms with Crippen LogP contribution < -0.4 is 16.7 Å². The molecule has 0 aliphatic heterocycles. The summed E-state index contributed by atoms with van der Waals surface area (Å²) < 4.78 is 14.3. The molecule has 0 aliphatic rings. The summed E-state index contributed by atoms with van der Waals surface area (Å²) in [5.41, 5.74) is 12.1. The topological polar surface area (TPSA) is 98.6 Å². The van der Waals surface area contributed by atoms with Crippen LogP contribution in [0.25, 0.3) is 66.1 Å². The number of hydrogen-bond acceptors (Lipinski definition) is 3. The first-order chi connectivity index (χ1) is 29.0. The lowest BCUT2D eigenvalue weighted by Crippen LogP contribution is -2.12. The Labute approximate surface area is 347 Å². The second-order valence-electron chi connectivity index (χ2n) is 14.8. The van der Waals surface area contributed by atoms with Crippen LogP contribution in [0.15, 0.2) is 154 Å². The quantitative estimate of drug-likeness (QED) is 0.155. The van der Waals surface area contributed by atoms with Gasteiger partial charge in [-0.1, -0.05) is 134 Å². The number of H-pyrrole nitrogens is 3. The highest BCUT2D eigenvalue weighted by Gasteiger charge is 2.16. The van der Waals surface area contributed by atoms with E-state index < -0.39 is 0 Å². The van der Waals surface area contributed by atoms with Crippen molar-refractivity contribution in [2.75, 3.05) is 0 Å². The Bertz CT molecular complexity index is 3260. The zero-order valence-electron chi connectivity index (χ0n) is 34.2. The van der Waals surface area contributed by atoms with E-state index in [0.717, 1.165) is 72.6 Å². The number of para-hydroxylation sites is 3. The molecule has 3 N–H and O–H groups in total. The first kappa shape index (κ1) is 40.6. The maximum Gasteiger partial charge on any atom is 0.264 e. The van der Waals surface area contributed by atoms with E-state index in [1.807, 2.05) is 81.4 Å². The summed E-state index contributed by atoms with van der Waals surface area (Å²) >= 11 is 0. The molecule has 0 spiro atoms. The molecular formula is C53H44FN3O3. The van der Waals surface area contributed by atoms with Crippen LogP contribution in [0.5, 0.6) is 0 Å². The van der Waals surface area contributed by atoms with E-state index in [9.17, 15) is 18.8 Å². The summed E-state index contributed by atoms with van der Waals surface area (Å²) in [6.07, 6.45) is 6.49. The zero-order valence-corrected chi connectivity index (χ0v) is 34.2. The van der Waals surface area contributed by atoms with E-state index in [2.05, 4.69) is 89.3 Å². The second-order valence-corrected chi connectivity index (χ2v) is 14.8. The molecule has 9 rings (SSSR count). The highest BCUT2D eigenvalue weighted by Crippen LogP contribution is 2.33. The number of aromatic amines is 3. The van der Waals surface area contributed by atoms with Gasteiger partial charge in [0.25, 0.3) is 16.7 Å². The van der Waals surface area contributed by atoms with Gasteiger partial charge in [0.15, 0.2) is 0 Å². The van der Waals surface area contributed by atoms with Gasteiger partial charge in [-0.2, -0.15) is 0 Å². The Kier molecular flexibility index (Phi) is 11.9. The number of benzene rings is 6. The predicted octanol–water partition coefficient (Wildman–Crippen LogP) is 11.5. The molecule has 3 heterocycles. The number of rotatable bonds is 4. The third-order valence-electron chi connectivity index (χ3n) is 10.8. The summed E-state index contributed by atoms with van der Waals surface area (Å²) in [5, 5.41) is 2.91. The Morgan fingerprint density at radius 2 is 0.933 bits per heavy atom. The highest BCUT2D eigenvalue weighted by atomic mass is 19.1. The standard InChI is InChI=1S/C18H12FNO.C18H17NO.C17H15NO/c1-3-12-17(13-9-8-11(2)10-15(13)19)14-6-4-5-7-16(14)20-18(12)21;1-3-13-8-10-14(11-9-13)17-12(2)18(20)19-16-7-5-4-6-15(16)17;1-11-7-9-13(10-8-11)16-12(2)17(19)18-15-6-4-3-5-14(15)16/h1,4-10H,2H3,(H,20,21);4-11H,3H2,1-2H3,(H,19,20);3-10H,1-2H3,(H,18,19). The number of fused-ring (bicyclic) bond motifs is 3. The minimum Gasteiger partial charge on any atom is -0.322 e. The first-order valence-corrected chi connectivity index (χ1v) is 19.8. The maximum atomic E-state index is 14.3. The van der Waals surface area contributed by atoms with Crippen LogP contribution >= 0.6 is 0 Å². The van der Waals surface area contributed by atoms with Gasteiger partial charge in [0.05, 0.1) is 5.56 Å². The predicted molar refractivity (Wildman–Crippen MR) is 246 cm³/mol. The molecule has 6 aromatic carbocycles. The van der Waals surface area contributed by atoms with Crippen molar-refractivity contribution in [2.24, 2.45) is 0 Å². The van der Waals surface area contributed by atoms with Crippen LogP contribution in [0, 0.1) is 45.9 Å². The molecule has 0 amide bonds. The largest absolute Gasteiger partial charge is 0.322 e. The minimum atomic E-state index is -0.387. The number of pyridine rings is 3. The third-order valence-corrected chi connectivity index (χ3v) is 10.8. The van der Waals surface area contributed by atoms with E-state index in [0.29, 0.717) is 16.6 Å². The summed E-state index contributed by atoms with van der Waals surface area (Å²) in [5.74, 6) is 2.00. The van der Waals surface area contributed by atoms with Crippen molar-refractivity contribution in [3.63, 3.8) is 0 Å². The second kappa shape index (κ2) is 17.5. The third kappa shape index (κ3) is 8.22. The summed E-state index contributed by atoms with van der Waals surface area (Å²) in [7, 11) is 0. The van der Waals surface area contributed by atoms with Gasteiger partial charge in [-0.25, -0.2) is 4.39 Å². The van der Waals surface area contributed by atoms with Crippen LogP contribution in [0.1, 0.15) is 40.3 Å². The van der Waals surface area contributed by atoms with Gasteiger partial charge < -0.3 is 15.0 Å². The maximum absolute atomic E-state index is 14.3. The van der Waals surface area contributed by atoms with E-state index >= 15 is 0 Å². The Morgan fingerprint density at radius 3 is 1.38 bits per heavy atom. The molecule has 9 aromatic rings. The monoisotopic (exact) mass is 789 g/mol. The minimum absolute atomic E-state index is 0.0155. The number of terminal acetylenes is 1. The highest BCUT2D eigenvalue weighted by molar-refractivity contribution is 5.98. The SMILES string of the molecule is C#Cc1c(-c2ccc(C)cc2F)c2ccccc2[nH]c1=O.CCc1ccc(-c2c(C)c(=O)[nH]c3ccccc23)cc1.Cc1ccc(-c2c(C)c(=O)[nH]c3ccccc23)cc1. The van der Waals surface area contributed by atoms with E-state index in [1.165, 1.54) is 17.2 Å². The van der Waals surface area contributed by atoms with Crippen molar-refractivity contribution in [3.8, 4) is 45.7 Å². The molecule has 60 heavy (non-hydrogen) atoms. The molecule has 0 saturated carbocycles. The van der Waals surface area contributed by atoms with Crippen molar-refractivity contribution in [1.82, 2.24) is 15.0 Å². The first-order valence-electron chi connectivity index (χ1n) is 19.8. The van der Waals surface area contributed by atoms with Crippen LogP contribution in [0.3, 0.4) is 0 Å². The number of halogens is 1. The molecule has 0 saturated heterocycles. The number of aryl methyl sites for hydroxylation is 3. The van der Waals surface area contributed by atoms with E-state index in [4.69, 9.17) is 6.42 Å². The summed E-state index contributed by atoms with van der Waals surface area (Å²) in [6, 6.07) is 44.8. The van der Waals surface area contributed by atoms with Crippen molar-refractivity contribution in [1.29, 1.82) is 0 Å². The summed E-state index contributed by atoms with van der Waals surface area (Å²) in [6.45, 7) is 9.77. The number of hydrogen-bond donors (Lipinski definition) is 3. The van der Waals surface area contributed by atoms with Crippen LogP contribution in [0.4, 0.5) is 4.39 Å². The zero-order chi connectivity index (χ0) is 42.5. The van der Waals surface area contributed by atoms with Crippen molar-refractivity contribution in [3.05, 3.63) is 210 Å². The van der Waals surface area contributed by atoms with Crippen LogP contribution in [-0.2, 0) is 6.42 Å². The van der Waals surface area contributed by atoms with Gasteiger partial charge in [0.2, 0.25) is 0 Å². The van der Waals surface area contributed by atoms with E-state index in [1.54, 1.807) is 18.2 Å². The van der Waals surface area contributed by atoms with Crippen LogP contribution in [0.2, 0.25) is 0 Å². The van der Waals surface area contributed by atoms with Gasteiger partial charge in [-0.05, 0) is 91.8 Å². The molecule has 6 nitrogen and oxygen atoms in total. The lowest BCUT2D eigenvalue weighted by Gasteiger charge is -2.11. The molecule has 0 fully saturated rings. The van der Waals surface area contributed by atoms with Gasteiger partial charge in [0.1, 0.15) is 5.82 Å². The van der Waals surface area contributed by atoms with Crippen molar-refractivity contribution in [2.45, 2.75) is 41.0 Å². The molecule has 296 valence electrons. The number of nitrogens with one attached hydrogen (secondary N) is 3. The molecule has 0 atom stereocenters. The Morgan fingerprint density at radius 1 is 0.517 bits per heavy atom. The molecule has 0 radical (unpaired) electrons. The molecule has 0 unspecified atom stereocenters. The van der Waals surface area contributed by atoms with Gasteiger partial charge in [-0.3, -0.25) is 14.4 Å². The van der Waals surface area contributed by atoms with Crippen molar-refractivity contribution < 1.29 is 4.39 Å². The molecular weight excluding hydrogens is 746 g/mol. The fourth-order valence-corrected chi connectivity index (χ4v) is 7.54. The van der Waals surface area contributed by atoms with Crippen LogP contribution in [-0.4, -0.2) is 15.0 Å². The van der Waals surface area contributed by atoms with Gasteiger partial charge in [0, 0.05) is 55.0 Å². The lowest BCUT2D eigenvalue weighted by molar-refractivity contribution is 0.630. The summed E-state index contributed by atoms with van der Waals surface area (Å²) in [4.78, 5) is 44.8. The van der Waals surface area contributed by atoms with Crippen molar-refractivity contribution >= 4 is 32.7 Å². The molecule has 3 aromatic heterocycles. The molecule has 0 bridgehead atoms. The smallest absolute Gasteiger partial charge is 0.264 e. The fourth-order valence-electron chi connectivity index (χ4n) is 7.54. The lowest BCUT2D eigenvalue weighted by atomic mass is 9.95. The molecule has 0 aliphatic carbocycles. The fraction of sp³-hybridized carbons (Fsp3) is 0.113. The number of aromatic nitrogens is 3.